The highest BCUT2D eigenvalue weighted by atomic mass is 35.5. The van der Waals surface area contributed by atoms with Gasteiger partial charge in [-0.3, -0.25) is 14.2 Å². The van der Waals surface area contributed by atoms with E-state index in [-0.39, 0.29) is 30.9 Å². The molecule has 0 spiro atoms. The van der Waals surface area contributed by atoms with Crippen molar-refractivity contribution >= 4 is 47.6 Å². The first kappa shape index (κ1) is 20.0. The number of rotatable bonds is 1. The van der Waals surface area contributed by atoms with Crippen molar-refractivity contribution in [3.8, 4) is 0 Å². The number of fused-ring (bicyclic) bond motifs is 1. The third-order valence-electron chi connectivity index (χ3n) is 4.08. The number of halogens is 3. The standard InChI is InChI=1S/C14H17ClN4O2.2ClH/c1-8-10(15)7-11-12(17-8)19(9-3-5-16-6-4-9)14(21)13(20)18(11)2;;/h7,9,16H,3-6H2,1-2H3;2*1H. The SMILES string of the molecule is Cc1nc2c(cc1Cl)n(C)c(=O)c(=O)n2C1CCNCC1.Cl.Cl. The zero-order valence-electron chi connectivity index (χ0n) is 12.8. The molecule has 0 aliphatic carbocycles. The highest BCUT2D eigenvalue weighted by Crippen LogP contribution is 2.23. The van der Waals surface area contributed by atoms with Gasteiger partial charge in [-0.2, -0.15) is 0 Å². The molecule has 0 amide bonds. The molecule has 0 aromatic carbocycles. The van der Waals surface area contributed by atoms with E-state index in [9.17, 15) is 9.59 Å². The maximum Gasteiger partial charge on any atom is 0.318 e. The average molecular weight is 382 g/mol. The van der Waals surface area contributed by atoms with Crippen LogP contribution >= 0.6 is 36.4 Å². The van der Waals surface area contributed by atoms with E-state index in [0.717, 1.165) is 25.9 Å². The van der Waals surface area contributed by atoms with Crippen molar-refractivity contribution in [1.29, 1.82) is 0 Å². The van der Waals surface area contributed by atoms with Crippen LogP contribution in [0.15, 0.2) is 15.7 Å². The zero-order valence-corrected chi connectivity index (χ0v) is 15.2. The summed E-state index contributed by atoms with van der Waals surface area (Å²) in [5.41, 5.74) is 0.739. The van der Waals surface area contributed by atoms with Crippen LogP contribution in [0.5, 0.6) is 0 Å². The van der Waals surface area contributed by atoms with Crippen LogP contribution in [0.25, 0.3) is 11.2 Å². The minimum absolute atomic E-state index is 0. The zero-order chi connectivity index (χ0) is 15.1. The number of pyridine rings is 1. The predicted octanol–water partition coefficient (Wildman–Crippen LogP) is 1.83. The van der Waals surface area contributed by atoms with Crippen LogP contribution in [0.3, 0.4) is 0 Å². The average Bonchev–Trinajstić information content (AvgIpc) is 2.49. The quantitative estimate of drug-likeness (QED) is 0.765. The summed E-state index contributed by atoms with van der Waals surface area (Å²) in [6, 6.07) is 1.71. The highest BCUT2D eigenvalue weighted by molar-refractivity contribution is 6.31. The number of hydrogen-bond acceptors (Lipinski definition) is 4. The number of nitrogens with zero attached hydrogens (tertiary/aromatic N) is 3. The summed E-state index contributed by atoms with van der Waals surface area (Å²) < 4.78 is 2.88. The van der Waals surface area contributed by atoms with Gasteiger partial charge in [0.25, 0.3) is 0 Å². The Morgan fingerprint density at radius 1 is 1.22 bits per heavy atom. The number of piperidine rings is 1. The van der Waals surface area contributed by atoms with Gasteiger partial charge in [-0.25, -0.2) is 4.98 Å². The van der Waals surface area contributed by atoms with Gasteiger partial charge in [-0.15, -0.1) is 24.8 Å². The van der Waals surface area contributed by atoms with Crippen molar-refractivity contribution in [3.05, 3.63) is 37.5 Å². The third-order valence-corrected chi connectivity index (χ3v) is 4.46. The summed E-state index contributed by atoms with van der Waals surface area (Å²) >= 11 is 6.11. The molecule has 3 heterocycles. The largest absolute Gasteiger partial charge is 0.318 e. The lowest BCUT2D eigenvalue weighted by atomic mass is 10.1. The van der Waals surface area contributed by atoms with Crippen LogP contribution in [0.1, 0.15) is 24.6 Å². The van der Waals surface area contributed by atoms with E-state index in [1.807, 2.05) is 0 Å². The number of aryl methyl sites for hydroxylation is 2. The molecule has 23 heavy (non-hydrogen) atoms. The maximum atomic E-state index is 12.4. The van der Waals surface area contributed by atoms with Crippen LogP contribution in [-0.2, 0) is 7.05 Å². The molecule has 1 aliphatic rings. The monoisotopic (exact) mass is 380 g/mol. The van der Waals surface area contributed by atoms with Gasteiger partial charge in [-0.1, -0.05) is 11.6 Å². The van der Waals surface area contributed by atoms with Crippen LogP contribution in [-0.4, -0.2) is 27.2 Å². The Bertz CT molecular complexity index is 825. The molecule has 1 saturated heterocycles. The Morgan fingerprint density at radius 2 is 1.83 bits per heavy atom. The van der Waals surface area contributed by atoms with Crippen LogP contribution in [0.4, 0.5) is 0 Å². The summed E-state index contributed by atoms with van der Waals surface area (Å²) in [6.45, 7) is 3.46. The van der Waals surface area contributed by atoms with E-state index in [1.165, 1.54) is 4.57 Å². The van der Waals surface area contributed by atoms with E-state index in [1.54, 1.807) is 24.6 Å². The lowest BCUT2D eigenvalue weighted by Gasteiger charge is -2.26. The second-order valence-corrected chi connectivity index (χ2v) is 5.83. The van der Waals surface area contributed by atoms with Crippen molar-refractivity contribution < 1.29 is 0 Å². The first-order chi connectivity index (χ1) is 10.0. The van der Waals surface area contributed by atoms with Crippen LogP contribution in [0.2, 0.25) is 5.02 Å². The molecule has 6 nitrogen and oxygen atoms in total. The van der Waals surface area contributed by atoms with E-state index in [2.05, 4.69) is 10.3 Å². The summed E-state index contributed by atoms with van der Waals surface area (Å²) in [5, 5.41) is 3.75. The number of nitrogens with one attached hydrogen (secondary N) is 1. The Kier molecular flexibility index (Phi) is 6.65. The van der Waals surface area contributed by atoms with Gasteiger partial charge in [0, 0.05) is 13.1 Å². The van der Waals surface area contributed by atoms with Gasteiger partial charge in [0.05, 0.1) is 16.2 Å². The molecular formula is C14H19Cl3N4O2. The highest BCUT2D eigenvalue weighted by Gasteiger charge is 2.22. The van der Waals surface area contributed by atoms with Crippen molar-refractivity contribution in [1.82, 2.24) is 19.4 Å². The molecule has 0 bridgehead atoms. The van der Waals surface area contributed by atoms with Crippen molar-refractivity contribution in [2.75, 3.05) is 13.1 Å². The molecule has 0 atom stereocenters. The molecule has 1 aliphatic heterocycles. The predicted molar refractivity (Wildman–Crippen MR) is 96.6 cm³/mol. The fourth-order valence-corrected chi connectivity index (χ4v) is 2.98. The van der Waals surface area contributed by atoms with Gasteiger partial charge in [0.1, 0.15) is 0 Å². The normalized spacial score (nSPS) is 15.1. The van der Waals surface area contributed by atoms with Gasteiger partial charge in [0.15, 0.2) is 5.65 Å². The first-order valence-corrected chi connectivity index (χ1v) is 7.37. The minimum Gasteiger partial charge on any atom is -0.317 e. The Morgan fingerprint density at radius 3 is 2.43 bits per heavy atom. The van der Waals surface area contributed by atoms with Gasteiger partial charge >= 0.3 is 11.1 Å². The van der Waals surface area contributed by atoms with E-state index in [0.29, 0.717) is 21.9 Å². The summed E-state index contributed by atoms with van der Waals surface area (Å²) in [5.74, 6) is 0. The van der Waals surface area contributed by atoms with E-state index >= 15 is 0 Å². The van der Waals surface area contributed by atoms with Crippen LogP contribution in [0, 0.1) is 6.92 Å². The number of aromatic nitrogens is 3. The minimum atomic E-state index is -0.539. The van der Waals surface area contributed by atoms with Crippen molar-refractivity contribution in [3.63, 3.8) is 0 Å². The maximum absolute atomic E-state index is 12.4. The van der Waals surface area contributed by atoms with Crippen LogP contribution < -0.4 is 16.4 Å². The molecule has 2 aromatic heterocycles. The van der Waals surface area contributed by atoms with E-state index < -0.39 is 11.1 Å². The molecule has 1 N–H and O–H groups in total. The first-order valence-electron chi connectivity index (χ1n) is 7.00. The lowest BCUT2D eigenvalue weighted by molar-refractivity contribution is 0.365. The molecule has 0 radical (unpaired) electrons. The Hall–Kier alpha value is -1.08. The van der Waals surface area contributed by atoms with Gasteiger partial charge in [0.2, 0.25) is 0 Å². The number of hydrogen-bond donors (Lipinski definition) is 1. The second kappa shape index (κ2) is 7.66. The summed E-state index contributed by atoms with van der Waals surface area (Å²) in [4.78, 5) is 29.1. The van der Waals surface area contributed by atoms with E-state index in [4.69, 9.17) is 11.6 Å². The molecule has 1 fully saturated rings. The smallest absolute Gasteiger partial charge is 0.317 e. The molecule has 2 aromatic rings. The molecule has 9 heteroatoms. The molecular weight excluding hydrogens is 363 g/mol. The molecule has 0 saturated carbocycles. The molecule has 128 valence electrons. The van der Waals surface area contributed by atoms with Gasteiger partial charge < -0.3 is 9.88 Å². The van der Waals surface area contributed by atoms with Crippen molar-refractivity contribution in [2.24, 2.45) is 7.05 Å². The Balaban J connectivity index is 0.00000132. The third kappa shape index (κ3) is 3.40. The van der Waals surface area contributed by atoms with Crippen molar-refractivity contribution in [2.45, 2.75) is 25.8 Å². The lowest BCUT2D eigenvalue weighted by Crippen LogP contribution is -2.44. The summed E-state index contributed by atoms with van der Waals surface area (Å²) in [6.07, 6.45) is 1.62. The van der Waals surface area contributed by atoms with Gasteiger partial charge in [-0.05, 0) is 38.9 Å². The fraction of sp³-hybridized carbons (Fsp3) is 0.500. The summed E-state index contributed by atoms with van der Waals surface area (Å²) in [7, 11) is 1.58. The molecule has 3 rings (SSSR count). The topological polar surface area (TPSA) is 68.9 Å². The second-order valence-electron chi connectivity index (χ2n) is 5.42. The fourth-order valence-electron chi connectivity index (χ4n) is 2.84. The molecule has 0 unspecified atom stereocenters. The Labute approximate surface area is 150 Å².